The van der Waals surface area contributed by atoms with Gasteiger partial charge in [-0.2, -0.15) is 5.10 Å². The first-order valence-electron chi connectivity index (χ1n) is 6.79. The summed E-state index contributed by atoms with van der Waals surface area (Å²) in [6, 6.07) is 3.71. The van der Waals surface area contributed by atoms with Gasteiger partial charge in [0.25, 0.3) is 0 Å². The molecule has 1 aromatic carbocycles. The summed E-state index contributed by atoms with van der Waals surface area (Å²) >= 11 is 0. The second kappa shape index (κ2) is 6.98. The molecule has 0 aliphatic carbocycles. The van der Waals surface area contributed by atoms with E-state index in [0.717, 1.165) is 11.6 Å². The molecule has 116 valence electrons. The van der Waals surface area contributed by atoms with Crippen LogP contribution in [0.1, 0.15) is 19.5 Å². The summed E-state index contributed by atoms with van der Waals surface area (Å²) in [5.74, 6) is -1.45. The lowest BCUT2D eigenvalue weighted by Gasteiger charge is -2.07. The standard InChI is InChI=1S/C16H17F2N3O/c1-4-10(9-19-5-2)14-8-15(21-20-14)12-6-11(17)7-13(18)16(12)22-3/h4-8H,9H2,1-3H3,(H,20,21)/b10-4+,19-5?. The average Bonchev–Trinajstić information content (AvgIpc) is 2.97. The Kier molecular flexibility index (Phi) is 5.04. The molecule has 0 aliphatic heterocycles. The largest absolute Gasteiger partial charge is 0.493 e. The molecule has 0 saturated carbocycles. The Morgan fingerprint density at radius 1 is 1.32 bits per heavy atom. The molecule has 22 heavy (non-hydrogen) atoms. The molecule has 2 aromatic rings. The molecule has 4 nitrogen and oxygen atoms in total. The van der Waals surface area contributed by atoms with Crippen LogP contribution in [0.2, 0.25) is 0 Å². The summed E-state index contributed by atoms with van der Waals surface area (Å²) in [4.78, 5) is 4.17. The Hall–Kier alpha value is -2.50. The number of allylic oxidation sites excluding steroid dienone is 1. The number of halogens is 2. The minimum atomic E-state index is -0.754. The molecule has 0 fully saturated rings. The molecule has 1 aromatic heterocycles. The molecule has 0 saturated heterocycles. The van der Waals surface area contributed by atoms with Gasteiger partial charge in [-0.3, -0.25) is 10.1 Å². The van der Waals surface area contributed by atoms with Crippen LogP contribution in [0.25, 0.3) is 16.8 Å². The van der Waals surface area contributed by atoms with Gasteiger partial charge < -0.3 is 4.74 Å². The van der Waals surface area contributed by atoms with Crippen molar-refractivity contribution < 1.29 is 13.5 Å². The smallest absolute Gasteiger partial charge is 0.168 e. The van der Waals surface area contributed by atoms with E-state index in [2.05, 4.69) is 15.2 Å². The lowest BCUT2D eigenvalue weighted by atomic mass is 10.1. The third-order valence-electron chi connectivity index (χ3n) is 3.20. The van der Waals surface area contributed by atoms with Gasteiger partial charge in [0.2, 0.25) is 0 Å². The summed E-state index contributed by atoms with van der Waals surface area (Å²) in [6.45, 7) is 4.22. The SMILES string of the molecule is CC=NC/C(=C\C)c1cc(-c2cc(F)cc(F)c2OC)[nH]n1. The van der Waals surface area contributed by atoms with Crippen molar-refractivity contribution in [2.45, 2.75) is 13.8 Å². The van der Waals surface area contributed by atoms with Crippen LogP contribution in [0.3, 0.4) is 0 Å². The zero-order valence-corrected chi connectivity index (χ0v) is 12.7. The maximum Gasteiger partial charge on any atom is 0.168 e. The zero-order valence-electron chi connectivity index (χ0n) is 12.7. The number of methoxy groups -OCH3 is 1. The normalized spacial score (nSPS) is 12.1. The Labute approximate surface area is 127 Å². The summed E-state index contributed by atoms with van der Waals surface area (Å²) in [7, 11) is 1.34. The van der Waals surface area contributed by atoms with Gasteiger partial charge >= 0.3 is 0 Å². The predicted molar refractivity (Wildman–Crippen MR) is 83.2 cm³/mol. The van der Waals surface area contributed by atoms with Crippen molar-refractivity contribution in [3.63, 3.8) is 0 Å². The first kappa shape index (κ1) is 15.9. The predicted octanol–water partition coefficient (Wildman–Crippen LogP) is 3.86. The van der Waals surface area contributed by atoms with Crippen LogP contribution in [0.15, 0.2) is 29.3 Å². The van der Waals surface area contributed by atoms with Gasteiger partial charge in [-0.15, -0.1) is 0 Å². The average molecular weight is 305 g/mol. The third-order valence-corrected chi connectivity index (χ3v) is 3.20. The first-order chi connectivity index (χ1) is 10.6. The molecule has 6 heteroatoms. The van der Waals surface area contributed by atoms with Crippen molar-refractivity contribution in [3.8, 4) is 17.0 Å². The lowest BCUT2D eigenvalue weighted by Crippen LogP contribution is -1.94. The summed E-state index contributed by atoms with van der Waals surface area (Å²) in [5, 5.41) is 6.97. The molecule has 0 radical (unpaired) electrons. The van der Waals surface area contributed by atoms with Gasteiger partial charge in [0, 0.05) is 11.6 Å². The van der Waals surface area contributed by atoms with E-state index in [0.29, 0.717) is 17.9 Å². The van der Waals surface area contributed by atoms with Crippen molar-refractivity contribution in [1.29, 1.82) is 0 Å². The van der Waals surface area contributed by atoms with Crippen LogP contribution in [-0.4, -0.2) is 30.1 Å². The molecule has 0 unspecified atom stereocenters. The summed E-state index contributed by atoms with van der Waals surface area (Å²) in [5.41, 5.74) is 2.35. The number of benzene rings is 1. The van der Waals surface area contributed by atoms with Gasteiger partial charge in [0.15, 0.2) is 11.6 Å². The number of nitrogens with zero attached hydrogens (tertiary/aromatic N) is 2. The van der Waals surface area contributed by atoms with Gasteiger partial charge in [0.05, 0.1) is 25.0 Å². The number of ether oxygens (including phenoxy) is 1. The highest BCUT2D eigenvalue weighted by atomic mass is 19.1. The monoisotopic (exact) mass is 305 g/mol. The van der Waals surface area contributed by atoms with Crippen molar-refractivity contribution >= 4 is 11.8 Å². The second-order valence-electron chi connectivity index (χ2n) is 4.55. The first-order valence-corrected chi connectivity index (χ1v) is 6.79. The molecular formula is C16H17F2N3O. The van der Waals surface area contributed by atoms with E-state index in [9.17, 15) is 8.78 Å². The highest BCUT2D eigenvalue weighted by Crippen LogP contribution is 2.33. The Bertz CT molecular complexity index is 720. The zero-order chi connectivity index (χ0) is 16.1. The molecule has 0 amide bonds. The fourth-order valence-electron chi connectivity index (χ4n) is 2.10. The van der Waals surface area contributed by atoms with Crippen molar-refractivity contribution in [2.75, 3.05) is 13.7 Å². The Balaban J connectivity index is 2.44. The molecule has 1 N–H and O–H groups in total. The Morgan fingerprint density at radius 2 is 2.09 bits per heavy atom. The fraction of sp³-hybridized carbons (Fsp3) is 0.250. The van der Waals surface area contributed by atoms with Gasteiger partial charge in [0.1, 0.15) is 5.82 Å². The molecular weight excluding hydrogens is 288 g/mol. The highest BCUT2D eigenvalue weighted by molar-refractivity contribution is 5.73. The van der Waals surface area contributed by atoms with Crippen LogP contribution in [0, 0.1) is 11.6 Å². The maximum absolute atomic E-state index is 13.8. The van der Waals surface area contributed by atoms with Crippen molar-refractivity contribution in [3.05, 3.63) is 41.6 Å². The van der Waals surface area contributed by atoms with Gasteiger partial charge in [-0.05, 0) is 37.8 Å². The van der Waals surface area contributed by atoms with E-state index in [1.54, 1.807) is 12.3 Å². The highest BCUT2D eigenvalue weighted by Gasteiger charge is 2.16. The van der Waals surface area contributed by atoms with Crippen LogP contribution >= 0.6 is 0 Å². The minimum absolute atomic E-state index is 0.0230. The van der Waals surface area contributed by atoms with E-state index in [1.165, 1.54) is 13.2 Å². The van der Waals surface area contributed by atoms with Crippen molar-refractivity contribution in [2.24, 2.45) is 4.99 Å². The fourth-order valence-corrected chi connectivity index (χ4v) is 2.10. The van der Waals surface area contributed by atoms with E-state index >= 15 is 0 Å². The number of aliphatic imine (C=N–C) groups is 1. The van der Waals surface area contributed by atoms with E-state index in [1.807, 2.05) is 19.9 Å². The number of hydrogen-bond acceptors (Lipinski definition) is 3. The summed E-state index contributed by atoms with van der Waals surface area (Å²) in [6.07, 6.45) is 3.61. The topological polar surface area (TPSA) is 50.3 Å². The third kappa shape index (κ3) is 3.21. The minimum Gasteiger partial charge on any atom is -0.493 e. The lowest BCUT2D eigenvalue weighted by molar-refractivity contribution is 0.386. The molecule has 0 bridgehead atoms. The maximum atomic E-state index is 13.8. The molecule has 2 rings (SSSR count). The molecule has 0 atom stereocenters. The molecule has 0 aliphatic rings. The van der Waals surface area contributed by atoms with E-state index in [4.69, 9.17) is 4.74 Å². The molecule has 1 heterocycles. The second-order valence-corrected chi connectivity index (χ2v) is 4.55. The number of aromatic nitrogens is 2. The van der Waals surface area contributed by atoms with Crippen LogP contribution in [0.4, 0.5) is 8.78 Å². The number of aromatic amines is 1. The van der Waals surface area contributed by atoms with Crippen LogP contribution in [0.5, 0.6) is 5.75 Å². The molecule has 0 spiro atoms. The number of H-pyrrole nitrogens is 1. The van der Waals surface area contributed by atoms with Crippen molar-refractivity contribution in [1.82, 2.24) is 10.2 Å². The number of hydrogen-bond donors (Lipinski definition) is 1. The quantitative estimate of drug-likeness (QED) is 0.853. The Morgan fingerprint density at radius 3 is 2.73 bits per heavy atom. The summed E-state index contributed by atoms with van der Waals surface area (Å²) < 4.78 is 32.3. The van der Waals surface area contributed by atoms with Crippen LogP contribution in [-0.2, 0) is 0 Å². The van der Waals surface area contributed by atoms with Crippen LogP contribution < -0.4 is 4.74 Å². The van der Waals surface area contributed by atoms with E-state index < -0.39 is 11.6 Å². The van der Waals surface area contributed by atoms with E-state index in [-0.39, 0.29) is 11.3 Å². The van der Waals surface area contributed by atoms with Gasteiger partial charge in [-0.25, -0.2) is 8.78 Å². The van der Waals surface area contributed by atoms with Gasteiger partial charge in [-0.1, -0.05) is 6.08 Å². The number of nitrogens with one attached hydrogen (secondary N) is 1. The number of rotatable bonds is 5.